The van der Waals surface area contributed by atoms with Crippen molar-refractivity contribution in [1.29, 1.82) is 0 Å². The summed E-state index contributed by atoms with van der Waals surface area (Å²) in [5, 5.41) is 1.24. The lowest BCUT2D eigenvalue weighted by atomic mass is 9.98. The average Bonchev–Trinajstić information content (AvgIpc) is 3.29. The molecule has 0 spiro atoms. The van der Waals surface area contributed by atoms with Gasteiger partial charge in [0.25, 0.3) is 0 Å². The Labute approximate surface area is 214 Å². The van der Waals surface area contributed by atoms with Crippen molar-refractivity contribution in [2.24, 2.45) is 0 Å². The minimum atomic E-state index is 0.524. The molecule has 6 rings (SSSR count). The lowest BCUT2D eigenvalue weighted by Crippen LogP contribution is -2.36. The van der Waals surface area contributed by atoms with Gasteiger partial charge < -0.3 is 14.8 Å². The monoisotopic (exact) mass is 479 g/mol. The van der Waals surface area contributed by atoms with Gasteiger partial charge in [0.1, 0.15) is 5.82 Å². The van der Waals surface area contributed by atoms with E-state index in [0.29, 0.717) is 5.92 Å². The molecule has 2 aliphatic heterocycles. The summed E-state index contributed by atoms with van der Waals surface area (Å²) < 4.78 is 0. The number of hydrogen-bond donors (Lipinski definition) is 1. The number of nitrogens with zero attached hydrogens (tertiary/aromatic N) is 4. The molecule has 1 fully saturated rings. The molecule has 2 aromatic heterocycles. The van der Waals surface area contributed by atoms with Crippen LogP contribution in [-0.4, -0.2) is 34.6 Å². The predicted octanol–water partition coefficient (Wildman–Crippen LogP) is 6.92. The highest BCUT2D eigenvalue weighted by Crippen LogP contribution is 2.36. The summed E-state index contributed by atoms with van der Waals surface area (Å²) in [6.07, 6.45) is 6.81. The highest BCUT2D eigenvalue weighted by Gasteiger charge is 2.28. The van der Waals surface area contributed by atoms with E-state index in [1.165, 1.54) is 58.3 Å². The van der Waals surface area contributed by atoms with E-state index in [4.69, 9.17) is 9.97 Å². The highest BCUT2D eigenvalue weighted by atomic mass is 15.2. The molecule has 5 heteroatoms. The summed E-state index contributed by atoms with van der Waals surface area (Å²) >= 11 is 0. The van der Waals surface area contributed by atoms with Crippen LogP contribution in [0.4, 0.5) is 11.5 Å². The topological polar surface area (TPSA) is 48.1 Å². The number of piperidine rings is 1. The largest absolute Gasteiger partial charge is 0.366 e. The molecule has 0 bridgehead atoms. The molecular weight excluding hydrogens is 442 g/mol. The third kappa shape index (κ3) is 4.04. The number of rotatable bonds is 4. The van der Waals surface area contributed by atoms with Gasteiger partial charge in [-0.2, -0.15) is 0 Å². The van der Waals surface area contributed by atoms with Crippen molar-refractivity contribution in [3.8, 4) is 11.4 Å². The molecular formula is C31H37N5. The Morgan fingerprint density at radius 2 is 1.72 bits per heavy atom. The summed E-state index contributed by atoms with van der Waals surface area (Å²) in [6.45, 7) is 13.0. The molecule has 5 nitrogen and oxygen atoms in total. The first-order valence-corrected chi connectivity index (χ1v) is 13.6. The van der Waals surface area contributed by atoms with Crippen LogP contribution in [0, 0.1) is 13.8 Å². The fourth-order valence-corrected chi connectivity index (χ4v) is 5.96. The molecule has 2 aromatic carbocycles. The first-order valence-electron chi connectivity index (χ1n) is 13.6. The van der Waals surface area contributed by atoms with Crippen molar-refractivity contribution in [2.75, 3.05) is 29.4 Å². The molecule has 0 unspecified atom stereocenters. The van der Waals surface area contributed by atoms with E-state index in [2.05, 4.69) is 85.1 Å². The van der Waals surface area contributed by atoms with E-state index in [0.717, 1.165) is 55.3 Å². The maximum absolute atomic E-state index is 5.32. The summed E-state index contributed by atoms with van der Waals surface area (Å²) in [6, 6.07) is 13.4. The van der Waals surface area contributed by atoms with Gasteiger partial charge in [-0.1, -0.05) is 38.1 Å². The SMILES string of the molecule is Cc1ccc(C(C)C)cc1N1CCc2nc(-c3cccc4[nH]cc(C)c34)nc(N3CCCCC3)c2C1. The van der Waals surface area contributed by atoms with Crippen molar-refractivity contribution >= 4 is 22.4 Å². The molecule has 0 radical (unpaired) electrons. The van der Waals surface area contributed by atoms with Gasteiger partial charge in [-0.05, 0) is 67.9 Å². The lowest BCUT2D eigenvalue weighted by Gasteiger charge is -2.36. The van der Waals surface area contributed by atoms with E-state index in [1.807, 2.05) is 0 Å². The Kier molecular flexibility index (Phi) is 5.94. The van der Waals surface area contributed by atoms with Crippen LogP contribution in [0.3, 0.4) is 0 Å². The number of benzene rings is 2. The first kappa shape index (κ1) is 23.1. The maximum Gasteiger partial charge on any atom is 0.162 e. The van der Waals surface area contributed by atoms with Gasteiger partial charge >= 0.3 is 0 Å². The second kappa shape index (κ2) is 9.27. The number of anilines is 2. The van der Waals surface area contributed by atoms with E-state index < -0.39 is 0 Å². The maximum atomic E-state index is 5.32. The number of fused-ring (bicyclic) bond motifs is 2. The molecule has 186 valence electrons. The second-order valence-electron chi connectivity index (χ2n) is 10.9. The smallest absolute Gasteiger partial charge is 0.162 e. The number of aromatic amines is 1. The zero-order valence-corrected chi connectivity index (χ0v) is 22.1. The average molecular weight is 480 g/mol. The Balaban J connectivity index is 1.46. The van der Waals surface area contributed by atoms with Crippen LogP contribution in [0.25, 0.3) is 22.3 Å². The molecule has 0 atom stereocenters. The molecule has 2 aliphatic rings. The first-order chi connectivity index (χ1) is 17.5. The van der Waals surface area contributed by atoms with Gasteiger partial charge in [-0.3, -0.25) is 0 Å². The van der Waals surface area contributed by atoms with Crippen LogP contribution in [0.2, 0.25) is 0 Å². The standard InChI is InChI=1S/C31H37N5/c1-20(2)23-12-11-21(3)28(17-23)36-16-13-26-25(19-36)31(35-14-6-5-7-15-35)34-30(33-26)24-9-8-10-27-29(24)22(4)18-32-27/h8-12,17-18,20,32H,5-7,13-16,19H2,1-4H3. The summed E-state index contributed by atoms with van der Waals surface area (Å²) in [7, 11) is 0. The molecule has 4 aromatic rings. The third-order valence-corrected chi connectivity index (χ3v) is 8.08. The number of aryl methyl sites for hydroxylation is 2. The van der Waals surface area contributed by atoms with Crippen molar-refractivity contribution in [2.45, 2.75) is 65.8 Å². The van der Waals surface area contributed by atoms with Gasteiger partial charge in [0.2, 0.25) is 0 Å². The van der Waals surface area contributed by atoms with Crippen LogP contribution >= 0.6 is 0 Å². The van der Waals surface area contributed by atoms with Crippen molar-refractivity contribution in [3.05, 3.63) is 70.5 Å². The third-order valence-electron chi connectivity index (χ3n) is 8.08. The van der Waals surface area contributed by atoms with Gasteiger partial charge in [0, 0.05) is 66.5 Å². The Morgan fingerprint density at radius 3 is 2.53 bits per heavy atom. The van der Waals surface area contributed by atoms with Crippen molar-refractivity contribution < 1.29 is 0 Å². The van der Waals surface area contributed by atoms with E-state index in [9.17, 15) is 0 Å². The number of nitrogens with one attached hydrogen (secondary N) is 1. The zero-order valence-electron chi connectivity index (χ0n) is 22.1. The van der Waals surface area contributed by atoms with Gasteiger partial charge in [-0.25, -0.2) is 9.97 Å². The van der Waals surface area contributed by atoms with Gasteiger partial charge in [0.05, 0.1) is 5.69 Å². The van der Waals surface area contributed by atoms with Crippen LogP contribution < -0.4 is 9.80 Å². The molecule has 36 heavy (non-hydrogen) atoms. The Hall–Kier alpha value is -3.34. The fraction of sp³-hybridized carbons (Fsp3) is 0.419. The normalized spacial score (nSPS) is 16.1. The predicted molar refractivity (Wildman–Crippen MR) is 150 cm³/mol. The van der Waals surface area contributed by atoms with Crippen LogP contribution in [0.1, 0.15) is 67.0 Å². The van der Waals surface area contributed by atoms with Crippen molar-refractivity contribution in [3.63, 3.8) is 0 Å². The van der Waals surface area contributed by atoms with Crippen LogP contribution in [0.15, 0.2) is 42.6 Å². The van der Waals surface area contributed by atoms with Gasteiger partial charge in [-0.15, -0.1) is 0 Å². The Morgan fingerprint density at radius 1 is 0.889 bits per heavy atom. The van der Waals surface area contributed by atoms with Crippen LogP contribution in [0.5, 0.6) is 0 Å². The summed E-state index contributed by atoms with van der Waals surface area (Å²) in [5.41, 5.74) is 10.2. The Bertz CT molecular complexity index is 1410. The summed E-state index contributed by atoms with van der Waals surface area (Å²) in [5.74, 6) is 2.55. The zero-order chi connectivity index (χ0) is 24.8. The van der Waals surface area contributed by atoms with Crippen LogP contribution in [-0.2, 0) is 13.0 Å². The molecule has 0 saturated carbocycles. The molecule has 1 N–H and O–H groups in total. The van der Waals surface area contributed by atoms with E-state index in [-0.39, 0.29) is 0 Å². The molecule has 4 heterocycles. The lowest BCUT2D eigenvalue weighted by molar-refractivity contribution is 0.568. The van der Waals surface area contributed by atoms with E-state index >= 15 is 0 Å². The van der Waals surface area contributed by atoms with Crippen molar-refractivity contribution in [1.82, 2.24) is 15.0 Å². The molecule has 1 saturated heterocycles. The summed E-state index contributed by atoms with van der Waals surface area (Å²) in [4.78, 5) is 19.0. The van der Waals surface area contributed by atoms with Gasteiger partial charge in [0.15, 0.2) is 5.82 Å². The minimum absolute atomic E-state index is 0.524. The number of aromatic nitrogens is 3. The van der Waals surface area contributed by atoms with E-state index in [1.54, 1.807) is 0 Å². The number of H-pyrrole nitrogens is 1. The fourth-order valence-electron chi connectivity index (χ4n) is 5.96. The second-order valence-corrected chi connectivity index (χ2v) is 10.9. The highest BCUT2D eigenvalue weighted by molar-refractivity contribution is 5.96. The number of hydrogen-bond acceptors (Lipinski definition) is 4. The molecule has 0 amide bonds. The quantitative estimate of drug-likeness (QED) is 0.345. The molecule has 0 aliphatic carbocycles. The minimum Gasteiger partial charge on any atom is -0.366 e.